The van der Waals surface area contributed by atoms with Crippen molar-refractivity contribution in [3.8, 4) is 0 Å². The average Bonchev–Trinajstić information content (AvgIpc) is 2.39. The van der Waals surface area contributed by atoms with Crippen LogP contribution in [0.3, 0.4) is 0 Å². The van der Waals surface area contributed by atoms with Crippen LogP contribution in [0.5, 0.6) is 0 Å². The maximum absolute atomic E-state index is 3.68. The van der Waals surface area contributed by atoms with Gasteiger partial charge in [-0.25, -0.2) is 0 Å². The molecule has 0 aliphatic carbocycles. The summed E-state index contributed by atoms with van der Waals surface area (Å²) < 4.78 is 0. The third-order valence-electron chi connectivity index (χ3n) is 5.60. The van der Waals surface area contributed by atoms with Gasteiger partial charge in [0.2, 0.25) is 0 Å². The van der Waals surface area contributed by atoms with E-state index in [9.17, 15) is 0 Å². The van der Waals surface area contributed by atoms with Gasteiger partial charge in [0.05, 0.1) is 0 Å². The summed E-state index contributed by atoms with van der Waals surface area (Å²) in [5, 5.41) is 3.68. The van der Waals surface area contributed by atoms with Crippen LogP contribution in [0.2, 0.25) is 0 Å². The number of rotatable bonds is 9. The predicted octanol–water partition coefficient (Wildman–Crippen LogP) is 5.47. The third kappa shape index (κ3) is 12.0. The Kier molecular flexibility index (Phi) is 10.6. The van der Waals surface area contributed by atoms with Gasteiger partial charge in [-0.2, -0.15) is 0 Å². The molecule has 0 radical (unpaired) electrons. The van der Waals surface area contributed by atoms with Gasteiger partial charge in [0.1, 0.15) is 0 Å². The Bertz CT molecular complexity index is 414. The molecule has 0 unspecified atom stereocenters. The zero-order valence-electron chi connectivity index (χ0n) is 23.6. The summed E-state index contributed by atoms with van der Waals surface area (Å²) in [6, 6.07) is 0. The fourth-order valence-electron chi connectivity index (χ4n) is 4.76. The van der Waals surface area contributed by atoms with Crippen LogP contribution in [0.25, 0.3) is 0 Å². The van der Waals surface area contributed by atoms with E-state index in [0.29, 0.717) is 0 Å². The van der Waals surface area contributed by atoms with E-state index in [-0.39, 0.29) is 27.7 Å². The Morgan fingerprint density at radius 3 is 0.967 bits per heavy atom. The fourth-order valence-corrected chi connectivity index (χ4v) is 4.76. The molecule has 0 saturated carbocycles. The molecule has 0 fully saturated rings. The molecule has 0 saturated heterocycles. The van der Waals surface area contributed by atoms with Gasteiger partial charge in [0.25, 0.3) is 0 Å². The van der Waals surface area contributed by atoms with E-state index in [2.05, 4.69) is 124 Å². The van der Waals surface area contributed by atoms with E-state index >= 15 is 0 Å². The van der Waals surface area contributed by atoms with Crippen LogP contribution >= 0.6 is 0 Å². The molecule has 0 aromatic heterocycles. The fraction of sp³-hybridized carbons (Fsp3) is 1.00. The van der Waals surface area contributed by atoms with Gasteiger partial charge in [-0.05, 0) is 104 Å². The second-order valence-corrected chi connectivity index (χ2v) is 14.0. The van der Waals surface area contributed by atoms with Gasteiger partial charge in [0.15, 0.2) is 0 Å². The van der Waals surface area contributed by atoms with Crippen LogP contribution < -0.4 is 5.32 Å². The summed E-state index contributed by atoms with van der Waals surface area (Å²) in [5.41, 5.74) is 0.817. The van der Waals surface area contributed by atoms with E-state index in [4.69, 9.17) is 0 Å². The molecule has 30 heavy (non-hydrogen) atoms. The van der Waals surface area contributed by atoms with E-state index < -0.39 is 0 Å². The van der Waals surface area contributed by atoms with Crippen molar-refractivity contribution in [2.75, 3.05) is 39.3 Å². The molecule has 4 heteroatoms. The average molecular weight is 427 g/mol. The van der Waals surface area contributed by atoms with Crippen LogP contribution in [0.15, 0.2) is 0 Å². The van der Waals surface area contributed by atoms with Crippen molar-refractivity contribution >= 4 is 0 Å². The Labute approximate surface area is 191 Å². The summed E-state index contributed by atoms with van der Waals surface area (Å²) >= 11 is 0. The van der Waals surface area contributed by atoms with Gasteiger partial charge in [-0.1, -0.05) is 0 Å². The summed E-state index contributed by atoms with van der Waals surface area (Å²) in [5.74, 6) is 0. The van der Waals surface area contributed by atoms with Crippen LogP contribution in [-0.2, 0) is 0 Å². The normalized spacial score (nSPS) is 15.0. The second-order valence-electron chi connectivity index (χ2n) is 14.0. The van der Waals surface area contributed by atoms with Gasteiger partial charge in [0, 0.05) is 67.0 Å². The molecule has 1 N–H and O–H groups in total. The van der Waals surface area contributed by atoms with Crippen LogP contribution in [0, 0.1) is 0 Å². The monoisotopic (exact) mass is 426 g/mol. The number of hydrogen-bond donors (Lipinski definition) is 1. The van der Waals surface area contributed by atoms with Crippen molar-refractivity contribution < 1.29 is 0 Å². The van der Waals surface area contributed by atoms with E-state index in [1.54, 1.807) is 0 Å². The Hall–Kier alpha value is -0.160. The summed E-state index contributed by atoms with van der Waals surface area (Å²) in [4.78, 5) is 7.96. The lowest BCUT2D eigenvalue weighted by Gasteiger charge is -2.47. The molecular weight excluding hydrogens is 368 g/mol. The molecule has 0 amide bonds. The lowest BCUT2D eigenvalue weighted by atomic mass is 9.95. The summed E-state index contributed by atoms with van der Waals surface area (Å²) in [6.07, 6.45) is 0. The number of hydrogen-bond acceptors (Lipinski definition) is 4. The quantitative estimate of drug-likeness (QED) is 0.527. The van der Waals surface area contributed by atoms with Crippen LogP contribution in [-0.4, -0.2) is 81.7 Å². The second kappa shape index (κ2) is 10.6. The molecule has 0 heterocycles. The topological polar surface area (TPSA) is 21.8 Å². The minimum absolute atomic E-state index is 0.163. The van der Waals surface area contributed by atoms with Crippen molar-refractivity contribution in [3.05, 3.63) is 0 Å². The molecular formula is C26H58N4. The Morgan fingerprint density at radius 2 is 0.733 bits per heavy atom. The zero-order valence-corrected chi connectivity index (χ0v) is 23.6. The lowest BCUT2D eigenvalue weighted by molar-refractivity contribution is 0.0136. The SMILES string of the molecule is CC(C)(C)NCCN(CCN(C(C)(C)C)C(C)(C)C)CCN(C(C)(C)C)C(C)(C)C. The first-order valence-electron chi connectivity index (χ1n) is 12.1. The lowest BCUT2D eigenvalue weighted by Crippen LogP contribution is -2.57. The highest BCUT2D eigenvalue weighted by atomic mass is 15.3. The van der Waals surface area contributed by atoms with Crippen molar-refractivity contribution in [2.24, 2.45) is 0 Å². The van der Waals surface area contributed by atoms with Crippen molar-refractivity contribution in [2.45, 2.75) is 132 Å². The van der Waals surface area contributed by atoms with E-state index in [1.807, 2.05) is 0 Å². The molecule has 0 atom stereocenters. The first-order valence-corrected chi connectivity index (χ1v) is 12.1. The molecule has 0 spiro atoms. The largest absolute Gasteiger partial charge is 0.311 e. The minimum atomic E-state index is 0.163. The maximum Gasteiger partial charge on any atom is 0.0130 e. The van der Waals surface area contributed by atoms with Crippen LogP contribution in [0.4, 0.5) is 0 Å². The molecule has 182 valence electrons. The van der Waals surface area contributed by atoms with Crippen LogP contribution in [0.1, 0.15) is 104 Å². The molecule has 0 bridgehead atoms. The Morgan fingerprint density at radius 1 is 0.433 bits per heavy atom. The predicted molar refractivity (Wildman–Crippen MR) is 137 cm³/mol. The Balaban J connectivity index is 5.31. The van der Waals surface area contributed by atoms with Gasteiger partial charge in [-0.3, -0.25) is 14.7 Å². The zero-order chi connectivity index (χ0) is 24.2. The summed E-state index contributed by atoms with van der Waals surface area (Å²) in [7, 11) is 0. The van der Waals surface area contributed by atoms with Crippen molar-refractivity contribution in [1.82, 2.24) is 20.0 Å². The minimum Gasteiger partial charge on any atom is -0.311 e. The first-order chi connectivity index (χ1) is 13.0. The van der Waals surface area contributed by atoms with Gasteiger partial charge >= 0.3 is 0 Å². The maximum atomic E-state index is 3.68. The standard InChI is InChI=1S/C26H58N4/c1-22(2,3)27-16-17-28(18-20-29(23(4,5)6)24(7,8)9)19-21-30(25(10,11)12)26(13,14)15/h27H,16-21H2,1-15H3. The van der Waals surface area contributed by atoms with E-state index in [0.717, 1.165) is 39.3 Å². The molecule has 0 aliphatic heterocycles. The third-order valence-corrected chi connectivity index (χ3v) is 5.60. The van der Waals surface area contributed by atoms with Crippen molar-refractivity contribution in [1.29, 1.82) is 0 Å². The highest BCUT2D eigenvalue weighted by Gasteiger charge is 2.33. The van der Waals surface area contributed by atoms with E-state index in [1.165, 1.54) is 0 Å². The molecule has 4 nitrogen and oxygen atoms in total. The molecule has 0 aromatic rings. The number of nitrogens with one attached hydrogen (secondary N) is 1. The smallest absolute Gasteiger partial charge is 0.0130 e. The first kappa shape index (κ1) is 29.8. The number of nitrogens with zero attached hydrogens (tertiary/aromatic N) is 3. The summed E-state index contributed by atoms with van der Waals surface area (Å²) in [6.45, 7) is 41.3. The molecule has 0 aliphatic rings. The molecule has 0 aromatic carbocycles. The molecule has 0 rings (SSSR count). The highest BCUT2D eigenvalue weighted by molar-refractivity contribution is 4.89. The van der Waals surface area contributed by atoms with Gasteiger partial charge in [-0.15, -0.1) is 0 Å². The van der Waals surface area contributed by atoms with Crippen molar-refractivity contribution in [3.63, 3.8) is 0 Å². The van der Waals surface area contributed by atoms with Gasteiger partial charge < -0.3 is 5.32 Å². The highest BCUT2D eigenvalue weighted by Crippen LogP contribution is 2.25.